The first-order valence-electron chi connectivity index (χ1n) is 7.15. The SMILES string of the molecule is CC(C)COc1ccc(Br)cc1C(=O)NCc1cccnc1. The number of hydrogen-bond donors (Lipinski definition) is 1. The summed E-state index contributed by atoms with van der Waals surface area (Å²) in [6.07, 6.45) is 3.44. The maximum Gasteiger partial charge on any atom is 0.255 e. The molecule has 116 valence electrons. The van der Waals surface area contributed by atoms with E-state index in [1.54, 1.807) is 18.5 Å². The summed E-state index contributed by atoms with van der Waals surface area (Å²) >= 11 is 3.40. The number of carbonyl (C=O) groups is 1. The number of hydrogen-bond acceptors (Lipinski definition) is 3. The van der Waals surface area contributed by atoms with Gasteiger partial charge in [-0.2, -0.15) is 0 Å². The van der Waals surface area contributed by atoms with Crippen molar-refractivity contribution in [3.8, 4) is 5.75 Å². The Hall–Kier alpha value is -1.88. The molecule has 0 spiro atoms. The first kappa shape index (κ1) is 16.5. The molecule has 0 bridgehead atoms. The van der Waals surface area contributed by atoms with E-state index in [2.05, 4.69) is 40.1 Å². The predicted molar refractivity (Wildman–Crippen MR) is 89.9 cm³/mol. The number of carbonyl (C=O) groups excluding carboxylic acids is 1. The second-order valence-electron chi connectivity index (χ2n) is 5.39. The largest absolute Gasteiger partial charge is 0.492 e. The van der Waals surface area contributed by atoms with Crippen LogP contribution in [0, 0.1) is 5.92 Å². The molecule has 0 saturated heterocycles. The van der Waals surface area contributed by atoms with Crippen molar-refractivity contribution >= 4 is 21.8 Å². The Labute approximate surface area is 139 Å². The first-order chi connectivity index (χ1) is 10.6. The Morgan fingerprint density at radius 2 is 2.18 bits per heavy atom. The number of ether oxygens (including phenoxy) is 1. The number of benzene rings is 1. The van der Waals surface area contributed by atoms with Gasteiger partial charge < -0.3 is 10.1 Å². The topological polar surface area (TPSA) is 51.2 Å². The Morgan fingerprint density at radius 1 is 1.36 bits per heavy atom. The molecule has 1 heterocycles. The van der Waals surface area contributed by atoms with Crippen molar-refractivity contribution in [2.75, 3.05) is 6.61 Å². The van der Waals surface area contributed by atoms with E-state index in [4.69, 9.17) is 4.74 Å². The van der Waals surface area contributed by atoms with E-state index in [0.717, 1.165) is 10.0 Å². The van der Waals surface area contributed by atoms with Gasteiger partial charge in [-0.25, -0.2) is 0 Å². The van der Waals surface area contributed by atoms with Crippen LogP contribution >= 0.6 is 15.9 Å². The predicted octanol–water partition coefficient (Wildman–Crippen LogP) is 3.81. The van der Waals surface area contributed by atoms with E-state index < -0.39 is 0 Å². The smallest absolute Gasteiger partial charge is 0.255 e. The molecule has 2 rings (SSSR count). The van der Waals surface area contributed by atoms with E-state index in [9.17, 15) is 4.79 Å². The first-order valence-corrected chi connectivity index (χ1v) is 7.95. The molecule has 0 aliphatic carbocycles. The third-order valence-electron chi connectivity index (χ3n) is 2.93. The van der Waals surface area contributed by atoms with E-state index in [0.29, 0.717) is 30.4 Å². The zero-order valence-corrected chi connectivity index (χ0v) is 14.3. The van der Waals surface area contributed by atoms with Crippen LogP contribution in [0.1, 0.15) is 29.8 Å². The van der Waals surface area contributed by atoms with Gasteiger partial charge in [-0.15, -0.1) is 0 Å². The maximum absolute atomic E-state index is 12.4. The molecule has 1 amide bonds. The molecule has 1 N–H and O–H groups in total. The highest BCUT2D eigenvalue weighted by atomic mass is 79.9. The van der Waals surface area contributed by atoms with Crippen LogP contribution in [0.2, 0.25) is 0 Å². The minimum Gasteiger partial charge on any atom is -0.492 e. The summed E-state index contributed by atoms with van der Waals surface area (Å²) in [4.78, 5) is 16.4. The zero-order valence-electron chi connectivity index (χ0n) is 12.7. The molecular weight excluding hydrogens is 344 g/mol. The lowest BCUT2D eigenvalue weighted by Crippen LogP contribution is -2.24. The van der Waals surface area contributed by atoms with Crippen LogP contribution in [-0.2, 0) is 6.54 Å². The van der Waals surface area contributed by atoms with Crippen LogP contribution in [0.25, 0.3) is 0 Å². The van der Waals surface area contributed by atoms with Crippen molar-refractivity contribution in [3.05, 3.63) is 58.3 Å². The van der Waals surface area contributed by atoms with Crippen LogP contribution in [0.15, 0.2) is 47.2 Å². The summed E-state index contributed by atoms with van der Waals surface area (Å²) in [6.45, 7) is 5.15. The van der Waals surface area contributed by atoms with Gasteiger partial charge in [-0.3, -0.25) is 9.78 Å². The van der Waals surface area contributed by atoms with Crippen molar-refractivity contribution in [2.24, 2.45) is 5.92 Å². The summed E-state index contributed by atoms with van der Waals surface area (Å²) in [5, 5.41) is 2.89. The third kappa shape index (κ3) is 4.84. The Morgan fingerprint density at radius 3 is 2.86 bits per heavy atom. The van der Waals surface area contributed by atoms with E-state index >= 15 is 0 Å². The molecule has 22 heavy (non-hydrogen) atoms. The van der Waals surface area contributed by atoms with Crippen molar-refractivity contribution in [3.63, 3.8) is 0 Å². The van der Waals surface area contributed by atoms with Gasteiger partial charge in [-0.1, -0.05) is 35.8 Å². The fraction of sp³-hybridized carbons (Fsp3) is 0.294. The normalized spacial score (nSPS) is 10.5. The summed E-state index contributed by atoms with van der Waals surface area (Å²) in [5.74, 6) is 0.833. The van der Waals surface area contributed by atoms with E-state index in [-0.39, 0.29) is 5.91 Å². The standard InChI is InChI=1S/C17H19BrN2O2/c1-12(2)11-22-16-6-5-14(18)8-15(16)17(21)20-10-13-4-3-7-19-9-13/h3-9,12H,10-11H2,1-2H3,(H,20,21). The molecular formula is C17H19BrN2O2. The highest BCUT2D eigenvalue weighted by molar-refractivity contribution is 9.10. The molecule has 0 atom stereocenters. The molecule has 0 radical (unpaired) electrons. The molecule has 0 aliphatic rings. The lowest BCUT2D eigenvalue weighted by atomic mass is 10.1. The van der Waals surface area contributed by atoms with Crippen molar-refractivity contribution < 1.29 is 9.53 Å². The highest BCUT2D eigenvalue weighted by Gasteiger charge is 2.13. The summed E-state index contributed by atoms with van der Waals surface area (Å²) in [5.41, 5.74) is 1.48. The second-order valence-corrected chi connectivity index (χ2v) is 6.30. The van der Waals surface area contributed by atoms with Gasteiger partial charge >= 0.3 is 0 Å². The number of nitrogens with one attached hydrogen (secondary N) is 1. The zero-order chi connectivity index (χ0) is 15.9. The second kappa shape index (κ2) is 7.94. The molecule has 5 heteroatoms. The molecule has 0 saturated carbocycles. The monoisotopic (exact) mass is 362 g/mol. The molecule has 2 aromatic rings. The van der Waals surface area contributed by atoms with Crippen molar-refractivity contribution in [1.29, 1.82) is 0 Å². The Bertz CT molecular complexity index is 630. The van der Waals surface area contributed by atoms with E-state index in [1.165, 1.54) is 0 Å². The number of rotatable bonds is 6. The van der Waals surface area contributed by atoms with Crippen molar-refractivity contribution in [1.82, 2.24) is 10.3 Å². The average Bonchev–Trinajstić information content (AvgIpc) is 2.52. The van der Waals surface area contributed by atoms with Gasteiger partial charge in [0.05, 0.1) is 12.2 Å². The average molecular weight is 363 g/mol. The maximum atomic E-state index is 12.4. The number of halogens is 1. The summed E-state index contributed by atoms with van der Waals surface area (Å²) in [6, 6.07) is 9.22. The number of pyridine rings is 1. The van der Waals surface area contributed by atoms with Gasteiger partial charge in [0.15, 0.2) is 0 Å². The fourth-order valence-corrected chi connectivity index (χ4v) is 2.20. The molecule has 0 aliphatic heterocycles. The Kier molecular flexibility index (Phi) is 5.95. The highest BCUT2D eigenvalue weighted by Crippen LogP contribution is 2.24. The van der Waals surface area contributed by atoms with Crippen LogP contribution in [0.3, 0.4) is 0 Å². The molecule has 0 unspecified atom stereocenters. The number of amides is 1. The summed E-state index contributed by atoms with van der Waals surface area (Å²) < 4.78 is 6.58. The Balaban J connectivity index is 2.08. The lowest BCUT2D eigenvalue weighted by Gasteiger charge is -2.13. The summed E-state index contributed by atoms with van der Waals surface area (Å²) in [7, 11) is 0. The van der Waals surface area contributed by atoms with Gasteiger partial charge in [0.25, 0.3) is 5.91 Å². The molecule has 0 fully saturated rings. The number of aromatic nitrogens is 1. The van der Waals surface area contributed by atoms with Gasteiger partial charge in [0, 0.05) is 23.4 Å². The van der Waals surface area contributed by atoms with Gasteiger partial charge in [-0.05, 0) is 35.7 Å². The van der Waals surface area contributed by atoms with Gasteiger partial charge in [0.1, 0.15) is 5.75 Å². The fourth-order valence-electron chi connectivity index (χ4n) is 1.84. The number of nitrogens with zero attached hydrogens (tertiary/aromatic N) is 1. The van der Waals surface area contributed by atoms with Crippen LogP contribution in [-0.4, -0.2) is 17.5 Å². The minimum absolute atomic E-state index is 0.163. The van der Waals surface area contributed by atoms with E-state index in [1.807, 2.05) is 24.3 Å². The minimum atomic E-state index is -0.163. The van der Waals surface area contributed by atoms with Crippen LogP contribution in [0.5, 0.6) is 5.75 Å². The quantitative estimate of drug-likeness (QED) is 0.849. The molecule has 4 nitrogen and oxygen atoms in total. The van der Waals surface area contributed by atoms with Crippen LogP contribution < -0.4 is 10.1 Å². The molecule has 1 aromatic heterocycles. The molecule has 1 aromatic carbocycles. The van der Waals surface area contributed by atoms with Crippen molar-refractivity contribution in [2.45, 2.75) is 20.4 Å². The third-order valence-corrected chi connectivity index (χ3v) is 3.43. The lowest BCUT2D eigenvalue weighted by molar-refractivity contribution is 0.0946. The van der Waals surface area contributed by atoms with Crippen LogP contribution in [0.4, 0.5) is 0 Å². The van der Waals surface area contributed by atoms with Gasteiger partial charge in [0.2, 0.25) is 0 Å².